The van der Waals surface area contributed by atoms with Crippen LogP contribution >= 0.6 is 0 Å². The molecule has 1 rings (SSSR count). The Balaban J connectivity index is 3.16. The number of carbonyl (C=O) groups is 1. The van der Waals surface area contributed by atoms with Gasteiger partial charge in [-0.3, -0.25) is 4.79 Å². The molecule has 0 bridgehead atoms. The molecule has 0 atom stereocenters. The van der Waals surface area contributed by atoms with Gasteiger partial charge in [0.25, 0.3) is 0 Å². The highest BCUT2D eigenvalue weighted by Gasteiger charge is 2.20. The van der Waals surface area contributed by atoms with Gasteiger partial charge in [-0.05, 0) is 24.6 Å². The Kier molecular flexibility index (Phi) is 4.64. The number of rotatable bonds is 4. The van der Waals surface area contributed by atoms with Gasteiger partial charge in [-0.25, -0.2) is 12.7 Å². The molecule has 0 radical (unpaired) electrons. The van der Waals surface area contributed by atoms with Crippen LogP contribution in [-0.4, -0.2) is 32.7 Å². The molecule has 1 N–H and O–H groups in total. The van der Waals surface area contributed by atoms with Crippen molar-refractivity contribution >= 4 is 21.6 Å². The smallest absolute Gasteiger partial charge is 0.242 e. The van der Waals surface area contributed by atoms with Crippen molar-refractivity contribution < 1.29 is 13.2 Å². The molecule has 1 aromatic carbocycles. The van der Waals surface area contributed by atoms with E-state index in [2.05, 4.69) is 5.32 Å². The van der Waals surface area contributed by atoms with Crippen molar-refractivity contribution in [1.82, 2.24) is 4.31 Å². The maximum atomic E-state index is 12.1. The van der Waals surface area contributed by atoms with E-state index in [1.165, 1.54) is 20.2 Å². The Hall–Kier alpha value is -1.91. The monoisotopic (exact) mass is 281 g/mol. The summed E-state index contributed by atoms with van der Waals surface area (Å²) in [6.45, 7) is 1.68. The summed E-state index contributed by atoms with van der Waals surface area (Å²) in [5.41, 5.74) is 0.943. The van der Waals surface area contributed by atoms with E-state index in [1.54, 1.807) is 25.1 Å². The largest absolute Gasteiger partial charge is 0.325 e. The predicted octanol–water partition coefficient (Wildman–Crippen LogP) is 1.10. The van der Waals surface area contributed by atoms with E-state index in [-0.39, 0.29) is 11.3 Å². The second-order valence-electron chi connectivity index (χ2n) is 4.15. The van der Waals surface area contributed by atoms with E-state index < -0.39 is 15.9 Å². The first kappa shape index (κ1) is 15.1. The van der Waals surface area contributed by atoms with Crippen LogP contribution in [0.15, 0.2) is 23.1 Å². The molecule has 0 saturated carbocycles. The van der Waals surface area contributed by atoms with E-state index >= 15 is 0 Å². The number of nitriles is 1. The minimum atomic E-state index is -3.56. The van der Waals surface area contributed by atoms with Crippen LogP contribution in [-0.2, 0) is 14.8 Å². The molecular formula is C12H15N3O3S. The average molecular weight is 281 g/mol. The molecule has 19 heavy (non-hydrogen) atoms. The Bertz CT molecular complexity index is 630. The Labute approximate surface area is 112 Å². The lowest BCUT2D eigenvalue weighted by molar-refractivity contribution is -0.115. The van der Waals surface area contributed by atoms with Crippen LogP contribution in [0.2, 0.25) is 0 Å². The fourth-order valence-corrected chi connectivity index (χ4v) is 2.57. The van der Waals surface area contributed by atoms with Crippen molar-refractivity contribution in [2.24, 2.45) is 0 Å². The summed E-state index contributed by atoms with van der Waals surface area (Å²) in [7, 11) is -0.681. The molecule has 1 amide bonds. The van der Waals surface area contributed by atoms with E-state index in [0.717, 1.165) is 4.31 Å². The predicted molar refractivity (Wildman–Crippen MR) is 70.9 cm³/mol. The molecular weight excluding hydrogens is 266 g/mol. The average Bonchev–Trinajstić information content (AvgIpc) is 2.31. The Morgan fingerprint density at radius 2 is 2.05 bits per heavy atom. The lowest BCUT2D eigenvalue weighted by Crippen LogP contribution is -2.23. The van der Waals surface area contributed by atoms with Crippen LogP contribution in [0.1, 0.15) is 12.0 Å². The van der Waals surface area contributed by atoms with Crippen LogP contribution in [0, 0.1) is 18.3 Å². The standard InChI is InChI=1S/C12H15N3O3S/c1-9-4-5-10(14-12(16)6-7-13)8-11(9)19(17,18)15(2)3/h4-5,8H,6H2,1-3H3,(H,14,16). The Morgan fingerprint density at radius 3 is 2.58 bits per heavy atom. The molecule has 0 aliphatic heterocycles. The van der Waals surface area contributed by atoms with E-state index in [0.29, 0.717) is 11.3 Å². The highest BCUT2D eigenvalue weighted by Crippen LogP contribution is 2.22. The summed E-state index contributed by atoms with van der Waals surface area (Å²) in [6, 6.07) is 6.32. The third-order valence-corrected chi connectivity index (χ3v) is 4.43. The molecule has 0 unspecified atom stereocenters. The number of anilines is 1. The molecule has 0 heterocycles. The number of benzene rings is 1. The zero-order valence-electron chi connectivity index (χ0n) is 11.0. The fraction of sp³-hybridized carbons (Fsp3) is 0.333. The first-order valence-electron chi connectivity index (χ1n) is 5.49. The zero-order valence-corrected chi connectivity index (χ0v) is 11.8. The Morgan fingerprint density at radius 1 is 1.42 bits per heavy atom. The SMILES string of the molecule is Cc1ccc(NC(=O)CC#N)cc1S(=O)(=O)N(C)C. The van der Waals surface area contributed by atoms with Gasteiger partial charge >= 0.3 is 0 Å². The van der Waals surface area contributed by atoms with Gasteiger partial charge in [0, 0.05) is 19.8 Å². The van der Waals surface area contributed by atoms with Crippen LogP contribution in [0.3, 0.4) is 0 Å². The zero-order chi connectivity index (χ0) is 14.6. The maximum absolute atomic E-state index is 12.1. The fourth-order valence-electron chi connectivity index (χ4n) is 1.43. The van der Waals surface area contributed by atoms with Gasteiger partial charge < -0.3 is 5.32 Å². The van der Waals surface area contributed by atoms with Crippen molar-refractivity contribution in [1.29, 1.82) is 5.26 Å². The number of hydrogen-bond donors (Lipinski definition) is 1. The minimum Gasteiger partial charge on any atom is -0.325 e. The van der Waals surface area contributed by atoms with Crippen molar-refractivity contribution in [3.63, 3.8) is 0 Å². The normalized spacial score (nSPS) is 11.1. The van der Waals surface area contributed by atoms with E-state index in [1.807, 2.05) is 0 Å². The molecule has 7 heteroatoms. The van der Waals surface area contributed by atoms with Gasteiger partial charge in [-0.1, -0.05) is 6.07 Å². The number of amides is 1. The summed E-state index contributed by atoms with van der Waals surface area (Å²) >= 11 is 0. The second kappa shape index (κ2) is 5.82. The van der Waals surface area contributed by atoms with Crippen molar-refractivity contribution in [3.05, 3.63) is 23.8 Å². The highest BCUT2D eigenvalue weighted by atomic mass is 32.2. The molecule has 1 aromatic rings. The molecule has 6 nitrogen and oxygen atoms in total. The molecule has 0 aromatic heterocycles. The quantitative estimate of drug-likeness (QED) is 0.894. The third kappa shape index (κ3) is 3.53. The summed E-state index contributed by atoms with van der Waals surface area (Å²) in [5.74, 6) is -0.473. The molecule has 0 saturated heterocycles. The lowest BCUT2D eigenvalue weighted by Gasteiger charge is -2.14. The first-order valence-corrected chi connectivity index (χ1v) is 6.93. The number of sulfonamides is 1. The van der Waals surface area contributed by atoms with Crippen molar-refractivity contribution in [2.45, 2.75) is 18.2 Å². The van der Waals surface area contributed by atoms with Crippen LogP contribution in [0.25, 0.3) is 0 Å². The second-order valence-corrected chi connectivity index (χ2v) is 6.27. The number of nitrogens with zero attached hydrogens (tertiary/aromatic N) is 2. The van der Waals surface area contributed by atoms with Gasteiger partial charge in [0.05, 0.1) is 11.0 Å². The summed E-state index contributed by atoms with van der Waals surface area (Å²) in [5, 5.41) is 10.9. The van der Waals surface area contributed by atoms with E-state index in [4.69, 9.17) is 5.26 Å². The molecule has 0 aliphatic rings. The van der Waals surface area contributed by atoms with Crippen molar-refractivity contribution in [3.8, 4) is 6.07 Å². The molecule has 0 aliphatic carbocycles. The first-order chi connectivity index (χ1) is 8.78. The number of carbonyl (C=O) groups excluding carboxylic acids is 1. The summed E-state index contributed by atoms with van der Waals surface area (Å²) in [6.07, 6.45) is -0.274. The summed E-state index contributed by atoms with van der Waals surface area (Å²) in [4.78, 5) is 11.4. The number of hydrogen-bond acceptors (Lipinski definition) is 4. The highest BCUT2D eigenvalue weighted by molar-refractivity contribution is 7.89. The molecule has 102 valence electrons. The minimum absolute atomic E-state index is 0.132. The number of nitrogens with one attached hydrogen (secondary N) is 1. The van der Waals surface area contributed by atoms with Gasteiger partial charge in [-0.15, -0.1) is 0 Å². The molecule has 0 spiro atoms. The third-order valence-electron chi connectivity index (χ3n) is 2.47. The maximum Gasteiger partial charge on any atom is 0.242 e. The topological polar surface area (TPSA) is 90.3 Å². The van der Waals surface area contributed by atoms with Crippen LogP contribution in [0.4, 0.5) is 5.69 Å². The van der Waals surface area contributed by atoms with Gasteiger partial charge in [0.2, 0.25) is 15.9 Å². The number of aryl methyl sites for hydroxylation is 1. The lowest BCUT2D eigenvalue weighted by atomic mass is 10.2. The van der Waals surface area contributed by atoms with Crippen molar-refractivity contribution in [2.75, 3.05) is 19.4 Å². The van der Waals surface area contributed by atoms with Crippen LogP contribution in [0.5, 0.6) is 0 Å². The van der Waals surface area contributed by atoms with E-state index in [9.17, 15) is 13.2 Å². The van der Waals surface area contributed by atoms with Gasteiger partial charge in [0.15, 0.2) is 0 Å². The van der Waals surface area contributed by atoms with Crippen LogP contribution < -0.4 is 5.32 Å². The van der Waals surface area contributed by atoms with Gasteiger partial charge in [-0.2, -0.15) is 5.26 Å². The van der Waals surface area contributed by atoms with Gasteiger partial charge in [0.1, 0.15) is 6.42 Å². The summed E-state index contributed by atoms with van der Waals surface area (Å²) < 4.78 is 25.3. The molecule has 0 fully saturated rings.